The highest BCUT2D eigenvalue weighted by atomic mass is 35.5. The maximum absolute atomic E-state index is 5.87. The predicted octanol–water partition coefficient (Wildman–Crippen LogP) is 4.17. The molecule has 2 nitrogen and oxygen atoms in total. The van der Waals surface area contributed by atoms with E-state index in [1.165, 1.54) is 5.56 Å². The van der Waals surface area contributed by atoms with E-state index in [4.69, 9.17) is 23.8 Å². The normalized spacial score (nSPS) is 10.0. The maximum atomic E-state index is 5.87. The first-order valence-corrected chi connectivity index (χ1v) is 6.75. The Bertz CT molecular complexity index is 540. The Morgan fingerprint density at radius 3 is 2.37 bits per heavy atom. The summed E-state index contributed by atoms with van der Waals surface area (Å²) >= 11 is 11.2. The molecular weight excluding hydrogens is 276 g/mol. The molecule has 0 aliphatic carbocycles. The standard InChI is InChI=1S/C15H15ClN2S/c1-18(11-12-7-9-13(16)10-8-12)15(19)17-14-5-3-2-4-6-14/h2-10H,11H2,1H3,(H,17,19). The summed E-state index contributed by atoms with van der Waals surface area (Å²) in [4.78, 5) is 1.99. The molecule has 0 bridgehead atoms. The van der Waals surface area contributed by atoms with Crippen molar-refractivity contribution in [3.05, 3.63) is 65.2 Å². The van der Waals surface area contributed by atoms with E-state index < -0.39 is 0 Å². The number of hydrogen-bond acceptors (Lipinski definition) is 1. The summed E-state index contributed by atoms with van der Waals surface area (Å²) in [6.45, 7) is 0.746. The molecule has 0 saturated heterocycles. The van der Waals surface area contributed by atoms with Crippen LogP contribution in [0.5, 0.6) is 0 Å². The van der Waals surface area contributed by atoms with E-state index >= 15 is 0 Å². The fourth-order valence-electron chi connectivity index (χ4n) is 1.68. The number of nitrogens with one attached hydrogen (secondary N) is 1. The van der Waals surface area contributed by atoms with Crippen LogP contribution in [-0.2, 0) is 6.54 Å². The van der Waals surface area contributed by atoms with Crippen LogP contribution in [0, 0.1) is 0 Å². The fraction of sp³-hybridized carbons (Fsp3) is 0.133. The Morgan fingerprint density at radius 1 is 1.11 bits per heavy atom. The minimum Gasteiger partial charge on any atom is -0.348 e. The molecule has 4 heteroatoms. The zero-order valence-electron chi connectivity index (χ0n) is 10.6. The molecule has 98 valence electrons. The summed E-state index contributed by atoms with van der Waals surface area (Å²) in [6, 6.07) is 17.7. The molecule has 0 aromatic heterocycles. The molecule has 0 saturated carbocycles. The number of nitrogens with zero attached hydrogens (tertiary/aromatic N) is 1. The van der Waals surface area contributed by atoms with Crippen molar-refractivity contribution >= 4 is 34.6 Å². The number of anilines is 1. The van der Waals surface area contributed by atoms with Gasteiger partial charge in [-0.3, -0.25) is 0 Å². The van der Waals surface area contributed by atoms with Gasteiger partial charge in [0.05, 0.1) is 0 Å². The quantitative estimate of drug-likeness (QED) is 0.854. The summed E-state index contributed by atoms with van der Waals surface area (Å²) in [7, 11) is 1.97. The third-order valence-corrected chi connectivity index (χ3v) is 3.37. The number of thiocarbonyl (C=S) groups is 1. The highest BCUT2D eigenvalue weighted by Gasteiger charge is 2.05. The van der Waals surface area contributed by atoms with E-state index in [1.807, 2.05) is 66.5 Å². The first-order valence-electron chi connectivity index (χ1n) is 5.97. The van der Waals surface area contributed by atoms with E-state index in [0.29, 0.717) is 5.11 Å². The zero-order valence-corrected chi connectivity index (χ0v) is 12.2. The summed E-state index contributed by atoms with van der Waals surface area (Å²) in [5.41, 5.74) is 2.17. The van der Waals surface area contributed by atoms with Crippen molar-refractivity contribution in [1.82, 2.24) is 4.90 Å². The van der Waals surface area contributed by atoms with Gasteiger partial charge in [-0.25, -0.2) is 0 Å². The summed E-state index contributed by atoms with van der Waals surface area (Å²) < 4.78 is 0. The molecule has 0 aliphatic rings. The summed E-state index contributed by atoms with van der Waals surface area (Å²) in [5, 5.41) is 4.65. The molecule has 2 rings (SSSR count). The lowest BCUT2D eigenvalue weighted by molar-refractivity contribution is 0.508. The van der Waals surface area contributed by atoms with Gasteiger partial charge in [0.1, 0.15) is 0 Å². The largest absolute Gasteiger partial charge is 0.348 e. The van der Waals surface area contributed by atoms with Crippen molar-refractivity contribution in [1.29, 1.82) is 0 Å². The molecule has 0 spiro atoms. The number of rotatable bonds is 3. The number of para-hydroxylation sites is 1. The molecule has 2 aromatic carbocycles. The molecule has 1 N–H and O–H groups in total. The lowest BCUT2D eigenvalue weighted by Crippen LogP contribution is -2.30. The molecule has 0 atom stereocenters. The number of halogens is 1. The van der Waals surface area contributed by atoms with Gasteiger partial charge in [-0.1, -0.05) is 41.9 Å². The van der Waals surface area contributed by atoms with E-state index in [9.17, 15) is 0 Å². The van der Waals surface area contributed by atoms with Gasteiger partial charge >= 0.3 is 0 Å². The minimum absolute atomic E-state index is 0.696. The number of benzene rings is 2. The van der Waals surface area contributed by atoms with Crippen molar-refractivity contribution in [2.45, 2.75) is 6.54 Å². The van der Waals surface area contributed by atoms with Crippen LogP contribution >= 0.6 is 23.8 Å². The van der Waals surface area contributed by atoms with Gasteiger partial charge in [0, 0.05) is 24.3 Å². The van der Waals surface area contributed by atoms with Crippen LogP contribution in [0.2, 0.25) is 5.02 Å². The molecule has 2 aromatic rings. The van der Waals surface area contributed by atoms with Crippen molar-refractivity contribution in [3.63, 3.8) is 0 Å². The lowest BCUT2D eigenvalue weighted by Gasteiger charge is -2.21. The molecule has 19 heavy (non-hydrogen) atoms. The average Bonchev–Trinajstić information content (AvgIpc) is 2.42. The van der Waals surface area contributed by atoms with E-state index in [1.54, 1.807) is 0 Å². The predicted molar refractivity (Wildman–Crippen MR) is 85.6 cm³/mol. The Morgan fingerprint density at radius 2 is 1.74 bits per heavy atom. The second kappa shape index (κ2) is 6.55. The Balaban J connectivity index is 1.94. The smallest absolute Gasteiger partial charge is 0.173 e. The monoisotopic (exact) mass is 290 g/mol. The third kappa shape index (κ3) is 4.23. The van der Waals surface area contributed by atoms with Crippen molar-refractivity contribution in [3.8, 4) is 0 Å². The van der Waals surface area contributed by atoms with Gasteiger partial charge in [0.2, 0.25) is 0 Å². The van der Waals surface area contributed by atoms with Crippen LogP contribution in [0.4, 0.5) is 5.69 Å². The maximum Gasteiger partial charge on any atom is 0.173 e. The number of hydrogen-bond donors (Lipinski definition) is 1. The van der Waals surface area contributed by atoms with Crippen LogP contribution < -0.4 is 5.32 Å². The van der Waals surface area contributed by atoms with Crippen LogP contribution in [0.1, 0.15) is 5.56 Å². The summed E-state index contributed by atoms with van der Waals surface area (Å²) in [6.07, 6.45) is 0. The van der Waals surface area contributed by atoms with Gasteiger partial charge in [0.15, 0.2) is 5.11 Å². The fourth-order valence-corrected chi connectivity index (χ4v) is 1.98. The van der Waals surface area contributed by atoms with Crippen LogP contribution in [-0.4, -0.2) is 17.1 Å². The Kier molecular flexibility index (Phi) is 4.77. The highest BCUT2D eigenvalue weighted by molar-refractivity contribution is 7.80. The van der Waals surface area contributed by atoms with Gasteiger partial charge in [-0.05, 0) is 42.0 Å². The topological polar surface area (TPSA) is 15.3 Å². The first-order chi connectivity index (χ1) is 9.15. The SMILES string of the molecule is CN(Cc1ccc(Cl)cc1)C(=S)Nc1ccccc1. The molecule has 0 heterocycles. The van der Waals surface area contributed by atoms with Crippen molar-refractivity contribution in [2.24, 2.45) is 0 Å². The van der Waals surface area contributed by atoms with Crippen LogP contribution in [0.15, 0.2) is 54.6 Å². The molecule has 0 unspecified atom stereocenters. The second-order valence-electron chi connectivity index (χ2n) is 4.28. The third-order valence-electron chi connectivity index (χ3n) is 2.70. The van der Waals surface area contributed by atoms with E-state index in [-0.39, 0.29) is 0 Å². The first kappa shape index (κ1) is 13.8. The van der Waals surface area contributed by atoms with E-state index in [0.717, 1.165) is 17.3 Å². The molecule has 0 radical (unpaired) electrons. The zero-order chi connectivity index (χ0) is 13.7. The minimum atomic E-state index is 0.696. The summed E-state index contributed by atoms with van der Waals surface area (Å²) in [5.74, 6) is 0. The highest BCUT2D eigenvalue weighted by Crippen LogP contribution is 2.12. The van der Waals surface area contributed by atoms with Gasteiger partial charge in [0.25, 0.3) is 0 Å². The van der Waals surface area contributed by atoms with Gasteiger partial charge < -0.3 is 10.2 Å². The average molecular weight is 291 g/mol. The Hall–Kier alpha value is -1.58. The lowest BCUT2D eigenvalue weighted by atomic mass is 10.2. The molecular formula is C15H15ClN2S. The molecule has 0 fully saturated rings. The molecule has 0 amide bonds. The van der Waals surface area contributed by atoms with E-state index in [2.05, 4.69) is 5.32 Å². The van der Waals surface area contributed by atoms with Crippen LogP contribution in [0.3, 0.4) is 0 Å². The van der Waals surface area contributed by atoms with Crippen molar-refractivity contribution in [2.75, 3.05) is 12.4 Å². The van der Waals surface area contributed by atoms with Gasteiger partial charge in [-0.15, -0.1) is 0 Å². The van der Waals surface area contributed by atoms with Gasteiger partial charge in [-0.2, -0.15) is 0 Å². The molecule has 0 aliphatic heterocycles. The van der Waals surface area contributed by atoms with Crippen molar-refractivity contribution < 1.29 is 0 Å². The Labute approximate surface area is 124 Å². The second-order valence-corrected chi connectivity index (χ2v) is 5.10. The van der Waals surface area contributed by atoms with Crippen LogP contribution in [0.25, 0.3) is 0 Å².